The number of unbranched alkanes of at least 4 members (excludes halogenated alkanes) is 1. The Morgan fingerprint density at radius 1 is 1.28 bits per heavy atom. The van der Waals surface area contributed by atoms with Crippen molar-refractivity contribution in [2.45, 2.75) is 19.8 Å². The third kappa shape index (κ3) is 5.51. The van der Waals surface area contributed by atoms with Crippen LogP contribution in [-0.4, -0.2) is 26.6 Å². The van der Waals surface area contributed by atoms with E-state index in [1.165, 1.54) is 6.92 Å². The van der Waals surface area contributed by atoms with Gasteiger partial charge in [0, 0.05) is 10.7 Å². The van der Waals surface area contributed by atoms with Crippen molar-refractivity contribution < 1.29 is 17.9 Å². The molecule has 0 radical (unpaired) electrons. The molecule has 6 heteroatoms. The SMILES string of the molecule is CC(=O)c1ccccc1OCCCCS(=O)(=O)Cl. The van der Waals surface area contributed by atoms with Gasteiger partial charge in [-0.15, -0.1) is 0 Å². The molecule has 4 nitrogen and oxygen atoms in total. The predicted molar refractivity (Wildman–Crippen MR) is 70.8 cm³/mol. The Morgan fingerprint density at radius 3 is 2.56 bits per heavy atom. The summed E-state index contributed by atoms with van der Waals surface area (Å²) < 4.78 is 26.8. The van der Waals surface area contributed by atoms with Crippen molar-refractivity contribution in [3.8, 4) is 5.75 Å². The maximum atomic E-state index is 11.3. The van der Waals surface area contributed by atoms with Gasteiger partial charge in [0.2, 0.25) is 9.05 Å². The van der Waals surface area contributed by atoms with E-state index in [0.717, 1.165) is 0 Å². The average molecular weight is 291 g/mol. The van der Waals surface area contributed by atoms with E-state index in [0.29, 0.717) is 30.8 Å². The van der Waals surface area contributed by atoms with Crippen molar-refractivity contribution in [3.05, 3.63) is 29.8 Å². The number of halogens is 1. The second-order valence-corrected chi connectivity index (χ2v) is 6.75. The molecule has 1 aromatic rings. The normalized spacial score (nSPS) is 11.2. The minimum atomic E-state index is -3.43. The summed E-state index contributed by atoms with van der Waals surface area (Å²) in [6.45, 7) is 1.83. The van der Waals surface area contributed by atoms with Crippen molar-refractivity contribution >= 4 is 25.5 Å². The fraction of sp³-hybridized carbons (Fsp3) is 0.417. The fourth-order valence-corrected chi connectivity index (χ4v) is 2.32. The zero-order chi connectivity index (χ0) is 13.6. The lowest BCUT2D eigenvalue weighted by Gasteiger charge is -2.08. The van der Waals surface area contributed by atoms with E-state index < -0.39 is 9.05 Å². The average Bonchev–Trinajstić information content (AvgIpc) is 2.27. The molecule has 0 bridgehead atoms. The lowest BCUT2D eigenvalue weighted by atomic mass is 10.1. The van der Waals surface area contributed by atoms with Gasteiger partial charge >= 0.3 is 0 Å². The Bertz CT molecular complexity index is 511. The zero-order valence-electron chi connectivity index (χ0n) is 10.1. The molecular formula is C12H15ClO4S. The number of hydrogen-bond acceptors (Lipinski definition) is 4. The molecular weight excluding hydrogens is 276 g/mol. The second-order valence-electron chi connectivity index (χ2n) is 3.85. The maximum absolute atomic E-state index is 11.3. The van der Waals surface area contributed by atoms with Crippen molar-refractivity contribution in [1.82, 2.24) is 0 Å². The van der Waals surface area contributed by atoms with Gasteiger partial charge in [0.25, 0.3) is 0 Å². The Kier molecular flexibility index (Phi) is 5.62. The van der Waals surface area contributed by atoms with Gasteiger partial charge in [0.15, 0.2) is 5.78 Å². The van der Waals surface area contributed by atoms with Crippen molar-refractivity contribution in [2.75, 3.05) is 12.4 Å². The molecule has 0 atom stereocenters. The van der Waals surface area contributed by atoms with E-state index in [1.54, 1.807) is 24.3 Å². The number of rotatable bonds is 7. The van der Waals surface area contributed by atoms with E-state index in [1.807, 2.05) is 0 Å². The van der Waals surface area contributed by atoms with Gasteiger partial charge < -0.3 is 4.74 Å². The highest BCUT2D eigenvalue weighted by molar-refractivity contribution is 8.13. The van der Waals surface area contributed by atoms with Crippen LogP contribution in [0.5, 0.6) is 5.75 Å². The standard InChI is InChI=1S/C12H15ClO4S/c1-10(14)11-6-2-3-7-12(11)17-8-4-5-9-18(13,15)16/h2-3,6-7H,4-5,8-9H2,1H3. The number of ketones is 1. The summed E-state index contributed by atoms with van der Waals surface area (Å²) in [6, 6.07) is 6.96. The summed E-state index contributed by atoms with van der Waals surface area (Å²) in [6.07, 6.45) is 1.01. The Labute approximate surface area is 111 Å². The summed E-state index contributed by atoms with van der Waals surface area (Å²) in [4.78, 5) is 11.3. The third-order valence-electron chi connectivity index (χ3n) is 2.31. The molecule has 0 fully saturated rings. The quantitative estimate of drug-likeness (QED) is 0.440. The van der Waals surface area contributed by atoms with E-state index in [9.17, 15) is 13.2 Å². The highest BCUT2D eigenvalue weighted by Gasteiger charge is 2.08. The van der Waals surface area contributed by atoms with Crippen molar-refractivity contribution in [1.29, 1.82) is 0 Å². The van der Waals surface area contributed by atoms with Crippen LogP contribution in [-0.2, 0) is 9.05 Å². The summed E-state index contributed by atoms with van der Waals surface area (Å²) in [5.41, 5.74) is 0.530. The van der Waals surface area contributed by atoms with E-state index >= 15 is 0 Å². The van der Waals surface area contributed by atoms with E-state index in [-0.39, 0.29) is 11.5 Å². The van der Waals surface area contributed by atoms with Crippen LogP contribution in [0.3, 0.4) is 0 Å². The molecule has 0 aromatic heterocycles. The van der Waals surface area contributed by atoms with Gasteiger partial charge in [-0.1, -0.05) is 12.1 Å². The summed E-state index contributed by atoms with van der Waals surface area (Å²) in [5, 5.41) is 0. The van der Waals surface area contributed by atoms with Crippen LogP contribution < -0.4 is 4.74 Å². The first kappa shape index (κ1) is 15.0. The summed E-state index contributed by atoms with van der Waals surface area (Å²) in [5.74, 6) is 0.402. The molecule has 0 unspecified atom stereocenters. The van der Waals surface area contributed by atoms with Crippen LogP contribution in [0.1, 0.15) is 30.1 Å². The first-order valence-electron chi connectivity index (χ1n) is 5.55. The number of para-hydroxylation sites is 1. The maximum Gasteiger partial charge on any atom is 0.232 e. The first-order chi connectivity index (χ1) is 8.40. The van der Waals surface area contributed by atoms with E-state index in [4.69, 9.17) is 15.4 Å². The van der Waals surface area contributed by atoms with Crippen molar-refractivity contribution in [2.24, 2.45) is 0 Å². The minimum absolute atomic E-state index is 0.0612. The molecule has 0 aliphatic rings. The second kappa shape index (κ2) is 6.75. The molecule has 18 heavy (non-hydrogen) atoms. The van der Waals surface area contributed by atoms with Gasteiger partial charge in [0.05, 0.1) is 17.9 Å². The zero-order valence-corrected chi connectivity index (χ0v) is 11.6. The highest BCUT2D eigenvalue weighted by atomic mass is 35.7. The molecule has 0 saturated carbocycles. The number of ether oxygens (including phenoxy) is 1. The Hall–Kier alpha value is -1.07. The fourth-order valence-electron chi connectivity index (χ4n) is 1.44. The number of carbonyl (C=O) groups excluding carboxylic acids is 1. The Morgan fingerprint density at radius 2 is 1.94 bits per heavy atom. The van der Waals surface area contributed by atoms with Crippen LogP contribution in [0.25, 0.3) is 0 Å². The molecule has 100 valence electrons. The topological polar surface area (TPSA) is 60.4 Å². The van der Waals surface area contributed by atoms with Crippen LogP contribution in [0.15, 0.2) is 24.3 Å². The van der Waals surface area contributed by atoms with Crippen LogP contribution in [0, 0.1) is 0 Å². The molecule has 0 aliphatic carbocycles. The monoisotopic (exact) mass is 290 g/mol. The number of benzene rings is 1. The first-order valence-corrected chi connectivity index (χ1v) is 8.03. The molecule has 0 amide bonds. The van der Waals surface area contributed by atoms with Crippen molar-refractivity contribution in [3.63, 3.8) is 0 Å². The summed E-state index contributed by atoms with van der Waals surface area (Å²) in [7, 11) is 1.65. The molecule has 0 aliphatic heterocycles. The molecule has 0 N–H and O–H groups in total. The minimum Gasteiger partial charge on any atom is -0.493 e. The number of carbonyl (C=O) groups is 1. The lowest BCUT2D eigenvalue weighted by Crippen LogP contribution is -2.05. The molecule has 0 spiro atoms. The molecule has 1 aromatic carbocycles. The largest absolute Gasteiger partial charge is 0.493 e. The Balaban J connectivity index is 2.42. The smallest absolute Gasteiger partial charge is 0.232 e. The van der Waals surface area contributed by atoms with Crippen LogP contribution in [0.2, 0.25) is 0 Å². The van der Waals surface area contributed by atoms with Gasteiger partial charge in [-0.25, -0.2) is 8.42 Å². The van der Waals surface area contributed by atoms with Gasteiger partial charge in [-0.3, -0.25) is 4.79 Å². The van der Waals surface area contributed by atoms with Crippen LogP contribution >= 0.6 is 10.7 Å². The van der Waals surface area contributed by atoms with Gasteiger partial charge in [-0.05, 0) is 31.9 Å². The lowest BCUT2D eigenvalue weighted by molar-refractivity contribution is 0.101. The van der Waals surface area contributed by atoms with Gasteiger partial charge in [0.1, 0.15) is 5.75 Å². The third-order valence-corrected chi connectivity index (χ3v) is 3.55. The summed E-state index contributed by atoms with van der Waals surface area (Å²) >= 11 is 0. The van der Waals surface area contributed by atoms with Gasteiger partial charge in [-0.2, -0.15) is 0 Å². The number of Topliss-reactive ketones (excluding diaryl/α,β-unsaturated/α-hetero) is 1. The molecule has 0 heterocycles. The molecule has 1 rings (SSSR count). The number of hydrogen-bond donors (Lipinski definition) is 0. The highest BCUT2D eigenvalue weighted by Crippen LogP contribution is 2.18. The van der Waals surface area contributed by atoms with Crippen LogP contribution in [0.4, 0.5) is 0 Å². The van der Waals surface area contributed by atoms with E-state index in [2.05, 4.69) is 0 Å². The predicted octanol–water partition coefficient (Wildman–Crippen LogP) is 2.62. The molecule has 0 saturated heterocycles.